The normalized spacial score (nSPS) is 9.41. The van der Waals surface area contributed by atoms with E-state index < -0.39 is 34.7 Å². The summed E-state index contributed by atoms with van der Waals surface area (Å²) in [5.74, 6) is -4.69. The van der Waals surface area contributed by atoms with Gasteiger partial charge in [0.2, 0.25) is 0 Å². The minimum atomic E-state index is -1.69. The van der Waals surface area contributed by atoms with Gasteiger partial charge in [-0.3, -0.25) is 4.84 Å². The lowest BCUT2D eigenvalue weighted by Gasteiger charge is -2.04. The summed E-state index contributed by atoms with van der Waals surface area (Å²) in [5, 5.41) is 19.3. The van der Waals surface area contributed by atoms with Crippen LogP contribution in [-0.4, -0.2) is 33.1 Å². The second-order valence-corrected chi connectivity index (χ2v) is 2.65. The van der Waals surface area contributed by atoms with Crippen LogP contribution in [0, 0.1) is 4.91 Å². The Morgan fingerprint density at radius 2 is 1.88 bits per heavy atom. The van der Waals surface area contributed by atoms with Crippen LogP contribution in [0.3, 0.4) is 0 Å². The van der Waals surface area contributed by atoms with E-state index in [1.165, 1.54) is 0 Å². The lowest BCUT2D eigenvalue weighted by atomic mass is 10.1. The van der Waals surface area contributed by atoms with E-state index in [1.807, 2.05) is 5.34 Å². The van der Waals surface area contributed by atoms with Crippen molar-refractivity contribution < 1.29 is 29.4 Å². The summed E-state index contributed by atoms with van der Waals surface area (Å²) in [6, 6.07) is 0.906. The molecule has 0 aliphatic heterocycles. The van der Waals surface area contributed by atoms with Gasteiger partial charge in [-0.25, -0.2) is 19.4 Å². The number of hydrogen-bond donors (Lipinski definition) is 2. The topological polar surface area (TPSA) is 143 Å². The lowest BCUT2D eigenvalue weighted by molar-refractivity contribution is 0.0496. The van der Waals surface area contributed by atoms with Crippen LogP contribution in [0.25, 0.3) is 0 Å². The van der Waals surface area contributed by atoms with Gasteiger partial charge in [0, 0.05) is 6.20 Å². The molecule has 2 N–H and O–H groups in total. The molecule has 0 spiro atoms. The summed E-state index contributed by atoms with van der Waals surface area (Å²) < 4.78 is 0. The van der Waals surface area contributed by atoms with Crippen LogP contribution in [0.15, 0.2) is 17.6 Å². The molecular weight excluding hydrogens is 236 g/mol. The Morgan fingerprint density at radius 3 is 2.35 bits per heavy atom. The Labute approximate surface area is 92.6 Å². The van der Waals surface area contributed by atoms with E-state index >= 15 is 0 Å². The summed E-state index contributed by atoms with van der Waals surface area (Å²) in [6.07, 6.45) is 0.900. The second kappa shape index (κ2) is 4.79. The van der Waals surface area contributed by atoms with Gasteiger partial charge in [0.1, 0.15) is 5.56 Å². The molecule has 0 unspecified atom stereocenters. The first kappa shape index (κ1) is 12.2. The number of pyridine rings is 1. The standard InChI is InChI=1S/C8H4N2O7/c11-6(12)4-3(8(15)17-10-16)1-2-9-5(4)7(13)14/h1-2H,(H,11,12)(H,13,14). The van der Waals surface area contributed by atoms with E-state index in [0.29, 0.717) is 0 Å². The maximum atomic E-state index is 11.1. The summed E-state index contributed by atoms with van der Waals surface area (Å²) in [7, 11) is 0. The fraction of sp³-hybridized carbons (Fsp3) is 0. The Hall–Kier alpha value is -2.84. The van der Waals surface area contributed by atoms with Gasteiger partial charge < -0.3 is 10.2 Å². The van der Waals surface area contributed by atoms with Crippen LogP contribution in [0.5, 0.6) is 0 Å². The first-order chi connectivity index (χ1) is 7.99. The average Bonchev–Trinajstić information content (AvgIpc) is 2.28. The van der Waals surface area contributed by atoms with Crippen LogP contribution < -0.4 is 0 Å². The highest BCUT2D eigenvalue weighted by Gasteiger charge is 2.26. The molecule has 0 atom stereocenters. The molecule has 1 aromatic rings. The maximum absolute atomic E-state index is 11.1. The SMILES string of the molecule is O=NOC(=O)c1ccnc(C(=O)O)c1C(=O)O. The third-order valence-corrected chi connectivity index (χ3v) is 1.71. The fourth-order valence-corrected chi connectivity index (χ4v) is 1.09. The molecule has 0 saturated heterocycles. The van der Waals surface area contributed by atoms with Crippen molar-refractivity contribution in [2.24, 2.45) is 5.34 Å². The number of carboxylic acids is 2. The van der Waals surface area contributed by atoms with Crippen molar-refractivity contribution in [1.82, 2.24) is 4.98 Å². The molecule has 1 aromatic heterocycles. The zero-order valence-electron chi connectivity index (χ0n) is 7.98. The van der Waals surface area contributed by atoms with Gasteiger partial charge in [0.05, 0.1) is 5.56 Å². The molecule has 9 heteroatoms. The van der Waals surface area contributed by atoms with Crippen molar-refractivity contribution in [3.8, 4) is 0 Å². The van der Waals surface area contributed by atoms with Crippen molar-refractivity contribution >= 4 is 17.9 Å². The largest absolute Gasteiger partial charge is 0.478 e. The van der Waals surface area contributed by atoms with Crippen LogP contribution in [0.4, 0.5) is 0 Å². The first-order valence-corrected chi connectivity index (χ1v) is 3.98. The van der Waals surface area contributed by atoms with Gasteiger partial charge in [-0.05, 0) is 6.07 Å². The Balaban J connectivity index is 3.45. The number of rotatable bonds is 4. The van der Waals surface area contributed by atoms with Gasteiger partial charge in [-0.1, -0.05) is 0 Å². The van der Waals surface area contributed by atoms with Gasteiger partial charge in [-0.2, -0.15) is 0 Å². The molecule has 1 heterocycles. The minimum Gasteiger partial charge on any atom is -0.478 e. The number of aromatic carboxylic acids is 2. The highest BCUT2D eigenvalue weighted by atomic mass is 16.7. The number of carboxylic acid groups (broad SMARTS) is 2. The summed E-state index contributed by atoms with van der Waals surface area (Å²) >= 11 is 0. The molecular formula is C8H4N2O7. The summed E-state index contributed by atoms with van der Waals surface area (Å²) in [6.45, 7) is 0. The molecule has 0 aliphatic rings. The zero-order chi connectivity index (χ0) is 13.0. The molecule has 9 nitrogen and oxygen atoms in total. The van der Waals surface area contributed by atoms with E-state index in [1.54, 1.807) is 0 Å². The molecule has 0 fully saturated rings. The van der Waals surface area contributed by atoms with E-state index in [2.05, 4.69) is 9.82 Å². The average molecular weight is 240 g/mol. The summed E-state index contributed by atoms with van der Waals surface area (Å²) in [4.78, 5) is 49.4. The third-order valence-electron chi connectivity index (χ3n) is 1.71. The van der Waals surface area contributed by atoms with Crippen molar-refractivity contribution in [1.29, 1.82) is 0 Å². The monoisotopic (exact) mass is 240 g/mol. The number of carbonyl (C=O) groups is 3. The van der Waals surface area contributed by atoms with E-state index in [-0.39, 0.29) is 0 Å². The van der Waals surface area contributed by atoms with E-state index in [0.717, 1.165) is 12.3 Å². The molecule has 17 heavy (non-hydrogen) atoms. The molecule has 0 aliphatic carbocycles. The maximum Gasteiger partial charge on any atom is 0.370 e. The van der Waals surface area contributed by atoms with Crippen LogP contribution >= 0.6 is 0 Å². The second-order valence-electron chi connectivity index (χ2n) is 2.65. The van der Waals surface area contributed by atoms with Gasteiger partial charge in [-0.15, -0.1) is 4.91 Å². The molecule has 0 radical (unpaired) electrons. The third kappa shape index (κ3) is 2.40. The predicted molar refractivity (Wildman–Crippen MR) is 49.4 cm³/mol. The number of hydrogen-bond acceptors (Lipinski definition) is 7. The molecule has 0 saturated carbocycles. The lowest BCUT2D eigenvalue weighted by Crippen LogP contribution is -2.17. The Kier molecular flexibility index (Phi) is 3.44. The zero-order valence-corrected chi connectivity index (χ0v) is 7.98. The fourth-order valence-electron chi connectivity index (χ4n) is 1.09. The van der Waals surface area contributed by atoms with Crippen molar-refractivity contribution in [2.75, 3.05) is 0 Å². The van der Waals surface area contributed by atoms with Crippen molar-refractivity contribution in [3.63, 3.8) is 0 Å². The van der Waals surface area contributed by atoms with E-state index in [9.17, 15) is 19.3 Å². The number of aromatic nitrogens is 1. The van der Waals surface area contributed by atoms with Crippen LogP contribution in [0.1, 0.15) is 31.2 Å². The Morgan fingerprint density at radius 1 is 1.24 bits per heavy atom. The highest BCUT2D eigenvalue weighted by molar-refractivity contribution is 6.08. The molecule has 88 valence electrons. The number of nitrogens with zero attached hydrogens (tertiary/aromatic N) is 2. The molecule has 0 aromatic carbocycles. The van der Waals surface area contributed by atoms with Gasteiger partial charge in [0.25, 0.3) is 0 Å². The quantitative estimate of drug-likeness (QED) is 0.565. The Bertz CT molecular complexity index is 511. The predicted octanol–water partition coefficient (Wildman–Crippen LogP) is 0.316. The van der Waals surface area contributed by atoms with Crippen LogP contribution in [0.2, 0.25) is 0 Å². The molecule has 1 rings (SSSR count). The highest BCUT2D eigenvalue weighted by Crippen LogP contribution is 2.14. The van der Waals surface area contributed by atoms with Gasteiger partial charge in [0.15, 0.2) is 11.0 Å². The first-order valence-electron chi connectivity index (χ1n) is 3.98. The smallest absolute Gasteiger partial charge is 0.370 e. The van der Waals surface area contributed by atoms with Crippen molar-refractivity contribution in [3.05, 3.63) is 34.0 Å². The van der Waals surface area contributed by atoms with E-state index in [4.69, 9.17) is 10.2 Å². The van der Waals surface area contributed by atoms with Gasteiger partial charge >= 0.3 is 17.9 Å². The van der Waals surface area contributed by atoms with Crippen LogP contribution in [-0.2, 0) is 4.84 Å². The van der Waals surface area contributed by atoms with Crippen molar-refractivity contribution in [2.45, 2.75) is 0 Å². The number of carbonyl (C=O) groups excluding carboxylic acids is 1. The molecule has 0 bridgehead atoms. The molecule has 0 amide bonds. The minimum absolute atomic E-state index is 0.621. The summed E-state index contributed by atoms with van der Waals surface area (Å²) in [5.41, 5.74) is -2.32.